The van der Waals surface area contributed by atoms with Crippen molar-refractivity contribution in [3.63, 3.8) is 0 Å². The molecule has 2 unspecified atom stereocenters. The third-order valence-corrected chi connectivity index (χ3v) is 29.1. The van der Waals surface area contributed by atoms with Crippen molar-refractivity contribution in [2.75, 3.05) is 0 Å². The van der Waals surface area contributed by atoms with Gasteiger partial charge in [0.15, 0.2) is 0 Å². The molecule has 0 amide bonds. The van der Waals surface area contributed by atoms with E-state index in [-0.39, 0.29) is 24.8 Å². The number of hydrogen-bond donors (Lipinski definition) is 0. The normalized spacial score (nSPS) is 16.8. The Morgan fingerprint density at radius 1 is 0.551 bits per heavy atom. The molecule has 2 aliphatic carbocycles. The van der Waals surface area contributed by atoms with Gasteiger partial charge in [0.05, 0.1) is 0 Å². The van der Waals surface area contributed by atoms with Crippen molar-refractivity contribution in [1.29, 1.82) is 0 Å². The third kappa shape index (κ3) is 5.68. The Bertz CT molecular complexity index is 2430. The largest absolute Gasteiger partial charge is 0.147 e. The summed E-state index contributed by atoms with van der Waals surface area (Å²) in [4.78, 5) is 0. The zero-order valence-corrected chi connectivity index (χ0v) is 34.9. The van der Waals surface area contributed by atoms with Gasteiger partial charge in [0.25, 0.3) is 0 Å². The van der Waals surface area contributed by atoms with E-state index in [4.69, 9.17) is 0 Å². The van der Waals surface area contributed by atoms with Crippen molar-refractivity contribution in [3.05, 3.63) is 154 Å². The summed E-state index contributed by atoms with van der Waals surface area (Å²) in [6.07, 6.45) is 6.27. The molecule has 0 aliphatic heterocycles. The fraction of sp³-hybridized carbons (Fsp3) is 0.200. The number of halogens is 2. The van der Waals surface area contributed by atoms with Crippen LogP contribution in [0.5, 0.6) is 0 Å². The van der Waals surface area contributed by atoms with Gasteiger partial charge in [-0.1, -0.05) is 0 Å². The first kappa shape index (κ1) is 35.8. The summed E-state index contributed by atoms with van der Waals surface area (Å²) in [6, 6.07) is 41.0. The van der Waals surface area contributed by atoms with Crippen molar-refractivity contribution >= 4 is 65.4 Å². The molecule has 0 bridgehead atoms. The van der Waals surface area contributed by atoms with Gasteiger partial charge in [-0.15, -0.1) is 24.8 Å². The van der Waals surface area contributed by atoms with Crippen LogP contribution in [-0.2, 0) is 17.4 Å². The summed E-state index contributed by atoms with van der Waals surface area (Å²) in [5, 5.41) is 5.21. The van der Waals surface area contributed by atoms with E-state index in [0.717, 1.165) is 6.42 Å². The Hall–Kier alpha value is -3.00. The van der Waals surface area contributed by atoms with Gasteiger partial charge in [-0.2, -0.15) is 0 Å². The van der Waals surface area contributed by atoms with E-state index >= 15 is 0 Å². The molecule has 0 saturated heterocycles. The average Bonchev–Trinajstić information content (AvgIpc) is 3.65. The molecule has 248 valence electrons. The Morgan fingerprint density at radius 3 is 1.49 bits per heavy atom. The molecule has 0 nitrogen and oxygen atoms in total. The SMILES string of the molecule is CCC1=Cc2c(-c3ccc4ccccc4c3)ccc(C)c2[CH]1[Zr]([CH3])([CH3])(=[SiH2])[CH]1C(C)=Cc2c(-c3ccc4ccccc4c3)ccc(C)c21.Cl.Cl. The maximum Gasteiger partial charge on any atom is -0.147 e. The summed E-state index contributed by atoms with van der Waals surface area (Å²) >= 11 is -3.73. The summed E-state index contributed by atoms with van der Waals surface area (Å²) in [5.41, 5.74) is 17.7. The van der Waals surface area contributed by atoms with Crippen molar-refractivity contribution in [2.45, 2.75) is 50.6 Å². The Kier molecular flexibility index (Phi) is 9.47. The third-order valence-electron chi connectivity index (χ3n) is 11.5. The molecular weight excluding hydrogens is 731 g/mol. The zero-order chi connectivity index (χ0) is 32.7. The second-order valence-corrected chi connectivity index (χ2v) is 45.9. The number of hydrogen-bond acceptors (Lipinski definition) is 0. The van der Waals surface area contributed by atoms with Gasteiger partial charge in [0.2, 0.25) is 0 Å². The molecular formula is C45H46Cl2SiZr. The zero-order valence-electron chi connectivity index (χ0n) is 29.4. The van der Waals surface area contributed by atoms with Crippen LogP contribution in [0.4, 0.5) is 0 Å². The number of benzene rings is 6. The molecule has 2 aliphatic rings. The standard InChI is InChI=1S/C22H19.C21H17.2CH3.2ClH.H2Si.Zr/c1-3-16-12-21-15(2)8-11-20(22(21)13-16)19-10-9-17-6-4-5-7-18(17)14-19;1-14-11-20-15(2)7-10-19(21(20)12-14)18-9-8-16-5-3-4-6-17(16)13-18;;;;;;/h4-14H,3H2,1-2H3;3-13H,1-2H3;2*1H3;2*1H;1H2;. The maximum absolute atomic E-state index is 3.73. The molecule has 4 heteroatoms. The quantitative estimate of drug-likeness (QED) is 0.153. The van der Waals surface area contributed by atoms with Crippen molar-refractivity contribution < 1.29 is 17.4 Å². The van der Waals surface area contributed by atoms with E-state index in [2.05, 4.69) is 165 Å². The Balaban J connectivity index is 0.00000208. The van der Waals surface area contributed by atoms with Crippen LogP contribution >= 0.6 is 24.8 Å². The van der Waals surface area contributed by atoms with E-state index < -0.39 is 17.4 Å². The molecule has 6 aromatic carbocycles. The van der Waals surface area contributed by atoms with E-state index in [1.165, 1.54) is 66.1 Å². The first-order valence-corrected chi connectivity index (χ1v) is 30.9. The van der Waals surface area contributed by atoms with Crippen LogP contribution in [0.1, 0.15) is 60.9 Å². The maximum atomic E-state index is 2.78. The van der Waals surface area contributed by atoms with Crippen molar-refractivity contribution in [3.8, 4) is 22.3 Å². The van der Waals surface area contributed by atoms with Crippen molar-refractivity contribution in [1.82, 2.24) is 0 Å². The topological polar surface area (TPSA) is 0 Å². The van der Waals surface area contributed by atoms with Crippen LogP contribution < -0.4 is 0 Å². The van der Waals surface area contributed by atoms with Crippen LogP contribution in [0, 0.1) is 13.8 Å². The predicted molar refractivity (Wildman–Crippen MR) is 220 cm³/mol. The van der Waals surface area contributed by atoms with E-state index in [1.54, 1.807) is 22.3 Å². The minimum absolute atomic E-state index is 0. The smallest absolute Gasteiger partial charge is 0.147 e. The van der Waals surface area contributed by atoms with Gasteiger partial charge in [-0.3, -0.25) is 0 Å². The molecule has 0 spiro atoms. The minimum Gasteiger partial charge on any atom is -0.147 e. The fourth-order valence-corrected chi connectivity index (χ4v) is 30.4. The first-order chi connectivity index (χ1) is 22.5. The van der Waals surface area contributed by atoms with Crippen LogP contribution in [0.25, 0.3) is 56.0 Å². The number of rotatable bonds is 5. The van der Waals surface area contributed by atoms with E-state index in [9.17, 15) is 0 Å². The van der Waals surface area contributed by atoms with Gasteiger partial charge < -0.3 is 0 Å². The molecule has 0 fully saturated rings. The van der Waals surface area contributed by atoms with Gasteiger partial charge >= 0.3 is 285 Å². The molecule has 8 rings (SSSR count). The molecule has 0 N–H and O–H groups in total. The Morgan fingerprint density at radius 2 is 1.00 bits per heavy atom. The predicted octanol–water partition coefficient (Wildman–Crippen LogP) is 13.1. The first-order valence-electron chi connectivity index (χ1n) is 17.3. The number of fused-ring (bicyclic) bond motifs is 4. The van der Waals surface area contributed by atoms with Gasteiger partial charge in [-0.25, -0.2) is 0 Å². The second kappa shape index (κ2) is 13.0. The van der Waals surface area contributed by atoms with E-state index in [0.29, 0.717) is 7.25 Å². The van der Waals surface area contributed by atoms with E-state index in [1.807, 2.05) is 0 Å². The second-order valence-electron chi connectivity index (χ2n) is 15.4. The summed E-state index contributed by atoms with van der Waals surface area (Å²) < 4.78 is 6.58. The van der Waals surface area contributed by atoms with Gasteiger partial charge in [0, 0.05) is 0 Å². The molecule has 6 aromatic rings. The van der Waals surface area contributed by atoms with Crippen LogP contribution in [0.2, 0.25) is 9.26 Å². The average molecular weight is 777 g/mol. The Labute approximate surface area is 307 Å². The fourth-order valence-electron chi connectivity index (χ4n) is 9.56. The molecule has 0 aromatic heterocycles. The monoisotopic (exact) mass is 774 g/mol. The van der Waals surface area contributed by atoms with Crippen molar-refractivity contribution in [2.24, 2.45) is 0 Å². The molecule has 2 atom stereocenters. The van der Waals surface area contributed by atoms with Crippen LogP contribution in [0.15, 0.2) is 120 Å². The summed E-state index contributed by atoms with van der Waals surface area (Å²) in [7, 11) is 0. The van der Waals surface area contributed by atoms with Gasteiger partial charge in [-0.05, 0) is 0 Å². The molecule has 0 radical (unpaired) electrons. The van der Waals surface area contributed by atoms with Crippen LogP contribution in [0.3, 0.4) is 0 Å². The summed E-state index contributed by atoms with van der Waals surface area (Å²) in [5.74, 6) is 0. The molecule has 0 heterocycles. The molecule has 49 heavy (non-hydrogen) atoms. The minimum atomic E-state index is -3.73. The number of allylic oxidation sites excluding steroid dienone is 2. The van der Waals surface area contributed by atoms with Gasteiger partial charge in [0.1, 0.15) is 0 Å². The summed E-state index contributed by atoms with van der Waals surface area (Å²) in [6.45, 7) is 12.0. The number of aryl methyl sites for hydroxylation is 2. The molecule has 0 saturated carbocycles. The van der Waals surface area contributed by atoms with Crippen LogP contribution in [-0.4, -0.2) is 6.88 Å².